The van der Waals surface area contributed by atoms with E-state index in [1.54, 1.807) is 26.6 Å². The Morgan fingerprint density at radius 2 is 1.37 bits per heavy atom. The van der Waals surface area contributed by atoms with E-state index in [2.05, 4.69) is 16.0 Å². The zero-order valence-electron chi connectivity index (χ0n) is 19.2. The molecule has 0 fully saturated rings. The van der Waals surface area contributed by atoms with Crippen molar-refractivity contribution in [1.82, 2.24) is 9.97 Å². The van der Waals surface area contributed by atoms with Gasteiger partial charge in [0.25, 0.3) is 6.02 Å². The number of aromatic nitrogens is 2. The van der Waals surface area contributed by atoms with Gasteiger partial charge >= 0.3 is 0 Å². The molecule has 1 atom stereocenters. The molecule has 1 spiro atoms. The molecule has 1 aromatic heterocycles. The summed E-state index contributed by atoms with van der Waals surface area (Å²) in [6.07, 6.45) is 5.06. The third-order valence-electron chi connectivity index (χ3n) is 6.41. The van der Waals surface area contributed by atoms with E-state index in [0.29, 0.717) is 23.0 Å². The Balaban J connectivity index is 1.52. The van der Waals surface area contributed by atoms with Crippen LogP contribution in [0.2, 0.25) is 0 Å². The predicted molar refractivity (Wildman–Crippen MR) is 131 cm³/mol. The van der Waals surface area contributed by atoms with Gasteiger partial charge in [0.1, 0.15) is 24.4 Å². The van der Waals surface area contributed by atoms with Crippen molar-refractivity contribution in [2.24, 2.45) is 10.7 Å². The minimum Gasteiger partial charge on any atom is -0.493 e. The number of hydrogen-bond acceptors (Lipinski definition) is 8. The summed E-state index contributed by atoms with van der Waals surface area (Å²) < 4.78 is 22.9. The average Bonchev–Trinajstić information content (AvgIpc) is 3.30. The number of nitrogens with zero attached hydrogens (tertiary/aromatic N) is 3. The van der Waals surface area contributed by atoms with E-state index in [4.69, 9.17) is 29.7 Å². The van der Waals surface area contributed by atoms with Crippen LogP contribution in [0.5, 0.6) is 23.0 Å². The highest BCUT2D eigenvalue weighted by atomic mass is 16.5. The van der Waals surface area contributed by atoms with E-state index in [9.17, 15) is 0 Å². The van der Waals surface area contributed by atoms with Crippen molar-refractivity contribution in [2.45, 2.75) is 5.54 Å². The first-order chi connectivity index (χ1) is 17.1. The van der Waals surface area contributed by atoms with E-state index in [-0.39, 0.29) is 12.6 Å². The Hall–Kier alpha value is -4.59. The van der Waals surface area contributed by atoms with Crippen molar-refractivity contribution in [2.75, 3.05) is 20.8 Å². The summed E-state index contributed by atoms with van der Waals surface area (Å²) in [6, 6.07) is 18.0. The molecule has 8 heteroatoms. The standard InChI is InChI=1S/C27H22N4O4/c1-32-24-8-5-18(11-25(24)33-2)16-3-6-22-20(9-16)27(14-34-26(28)31-27)21-10-17(4-7-23(21)35-22)19-12-29-15-30-13-19/h3-13,15H,14H2,1-2H3,(H2,28,31)/t27-/m1/s1. The number of methoxy groups -OCH3 is 2. The van der Waals surface area contributed by atoms with E-state index in [1.807, 2.05) is 48.5 Å². The highest BCUT2D eigenvalue weighted by Gasteiger charge is 2.47. The zero-order chi connectivity index (χ0) is 24.0. The van der Waals surface area contributed by atoms with Gasteiger partial charge in [-0.25, -0.2) is 15.0 Å². The Bertz CT molecular complexity index is 1470. The molecule has 0 amide bonds. The Morgan fingerprint density at radius 1 is 0.771 bits per heavy atom. The molecule has 3 aromatic carbocycles. The molecular formula is C27H22N4O4. The van der Waals surface area contributed by atoms with E-state index in [0.717, 1.165) is 33.4 Å². The first-order valence-corrected chi connectivity index (χ1v) is 11.0. The summed E-state index contributed by atoms with van der Waals surface area (Å²) in [5.41, 5.74) is 10.8. The molecule has 3 heterocycles. The fourth-order valence-electron chi connectivity index (χ4n) is 4.68. The third kappa shape index (κ3) is 3.33. The number of fused-ring (bicyclic) bond motifs is 4. The molecule has 0 saturated heterocycles. The van der Waals surface area contributed by atoms with Crippen LogP contribution in [0.15, 0.2) is 78.3 Å². The summed E-state index contributed by atoms with van der Waals surface area (Å²) in [4.78, 5) is 13.1. The monoisotopic (exact) mass is 466 g/mol. The molecule has 35 heavy (non-hydrogen) atoms. The van der Waals surface area contributed by atoms with E-state index in [1.165, 1.54) is 6.33 Å². The molecule has 4 aromatic rings. The highest BCUT2D eigenvalue weighted by Crippen LogP contribution is 2.52. The summed E-state index contributed by atoms with van der Waals surface area (Å²) in [6.45, 7) is 0.270. The van der Waals surface area contributed by atoms with Crippen LogP contribution in [-0.2, 0) is 10.3 Å². The van der Waals surface area contributed by atoms with Crippen molar-refractivity contribution in [3.63, 3.8) is 0 Å². The average molecular weight is 466 g/mol. The Kier molecular flexibility index (Phi) is 4.81. The Labute approximate surface area is 202 Å². The fourth-order valence-corrected chi connectivity index (χ4v) is 4.68. The number of benzene rings is 3. The van der Waals surface area contributed by atoms with Gasteiger partial charge in [-0.05, 0) is 53.1 Å². The van der Waals surface area contributed by atoms with Crippen molar-refractivity contribution in [3.8, 4) is 45.3 Å². The number of aliphatic imine (C=N–C) groups is 1. The van der Waals surface area contributed by atoms with Crippen LogP contribution < -0.4 is 19.9 Å². The summed E-state index contributed by atoms with van der Waals surface area (Å²) in [5, 5.41) is 0. The molecule has 174 valence electrons. The SMILES string of the molecule is COc1ccc(-c2ccc3c(c2)[C@]2(COC(N)=N2)c2cc(-c4cncnc4)ccc2O3)cc1OC. The minimum atomic E-state index is -0.842. The van der Waals surface area contributed by atoms with E-state index < -0.39 is 5.54 Å². The lowest BCUT2D eigenvalue weighted by molar-refractivity contribution is 0.264. The van der Waals surface area contributed by atoms with Crippen molar-refractivity contribution in [1.29, 1.82) is 0 Å². The maximum Gasteiger partial charge on any atom is 0.283 e. The van der Waals surface area contributed by atoms with Crippen LogP contribution in [0.4, 0.5) is 0 Å². The molecule has 0 unspecified atom stereocenters. The van der Waals surface area contributed by atoms with Crippen LogP contribution >= 0.6 is 0 Å². The van der Waals surface area contributed by atoms with Crippen LogP contribution in [0.1, 0.15) is 11.1 Å². The van der Waals surface area contributed by atoms with Crippen molar-refractivity contribution < 1.29 is 18.9 Å². The summed E-state index contributed by atoms with van der Waals surface area (Å²) in [7, 11) is 3.24. The highest BCUT2D eigenvalue weighted by molar-refractivity contribution is 5.79. The summed E-state index contributed by atoms with van der Waals surface area (Å²) in [5.74, 6) is 2.74. The molecule has 2 aliphatic rings. The minimum absolute atomic E-state index is 0.147. The maximum absolute atomic E-state index is 6.32. The second-order valence-corrected chi connectivity index (χ2v) is 8.32. The molecule has 0 radical (unpaired) electrons. The van der Waals surface area contributed by atoms with Crippen LogP contribution in [-0.4, -0.2) is 36.8 Å². The number of amidine groups is 1. The third-order valence-corrected chi connectivity index (χ3v) is 6.41. The molecule has 2 aliphatic heterocycles. The second-order valence-electron chi connectivity index (χ2n) is 8.32. The number of nitrogens with two attached hydrogens (primary N) is 1. The quantitative estimate of drug-likeness (QED) is 0.472. The van der Waals surface area contributed by atoms with Gasteiger partial charge in [0.2, 0.25) is 0 Å². The van der Waals surface area contributed by atoms with Gasteiger partial charge < -0.3 is 24.7 Å². The molecule has 0 saturated carbocycles. The molecule has 8 nitrogen and oxygen atoms in total. The largest absolute Gasteiger partial charge is 0.493 e. The van der Waals surface area contributed by atoms with Gasteiger partial charge in [-0.3, -0.25) is 0 Å². The maximum atomic E-state index is 6.32. The predicted octanol–water partition coefficient (Wildman–Crippen LogP) is 4.52. The van der Waals surface area contributed by atoms with Crippen LogP contribution in [0.3, 0.4) is 0 Å². The smallest absolute Gasteiger partial charge is 0.283 e. The van der Waals surface area contributed by atoms with Crippen molar-refractivity contribution >= 4 is 6.02 Å². The molecule has 0 aliphatic carbocycles. The van der Waals surface area contributed by atoms with E-state index >= 15 is 0 Å². The zero-order valence-corrected chi connectivity index (χ0v) is 19.2. The van der Waals surface area contributed by atoms with Gasteiger partial charge in [-0.1, -0.05) is 18.2 Å². The molecule has 6 rings (SSSR count). The molecule has 0 bridgehead atoms. The molecule has 2 N–H and O–H groups in total. The topological polar surface area (TPSA) is 101 Å². The lowest BCUT2D eigenvalue weighted by Gasteiger charge is -2.34. The number of hydrogen-bond donors (Lipinski definition) is 1. The number of rotatable bonds is 4. The first kappa shape index (κ1) is 21.0. The lowest BCUT2D eigenvalue weighted by Crippen LogP contribution is -2.31. The fraction of sp³-hybridized carbons (Fsp3) is 0.148. The summed E-state index contributed by atoms with van der Waals surface area (Å²) >= 11 is 0. The Morgan fingerprint density at radius 3 is 1.97 bits per heavy atom. The van der Waals surface area contributed by atoms with Crippen LogP contribution in [0, 0.1) is 0 Å². The normalized spacial score (nSPS) is 17.6. The molecular weight excluding hydrogens is 444 g/mol. The number of ether oxygens (including phenoxy) is 4. The van der Waals surface area contributed by atoms with Gasteiger partial charge in [0, 0.05) is 29.1 Å². The second kappa shape index (κ2) is 8.02. The van der Waals surface area contributed by atoms with Gasteiger partial charge in [-0.15, -0.1) is 0 Å². The van der Waals surface area contributed by atoms with Gasteiger partial charge in [0.15, 0.2) is 17.0 Å². The van der Waals surface area contributed by atoms with Crippen molar-refractivity contribution in [3.05, 3.63) is 84.4 Å². The van der Waals surface area contributed by atoms with Gasteiger partial charge in [-0.2, -0.15) is 0 Å². The van der Waals surface area contributed by atoms with Crippen LogP contribution in [0.25, 0.3) is 22.3 Å². The van der Waals surface area contributed by atoms with Gasteiger partial charge in [0.05, 0.1) is 14.2 Å². The first-order valence-electron chi connectivity index (χ1n) is 11.0. The lowest BCUT2D eigenvalue weighted by atomic mass is 9.79.